The van der Waals surface area contributed by atoms with E-state index in [9.17, 15) is 5.26 Å². The van der Waals surface area contributed by atoms with Crippen molar-refractivity contribution in [3.05, 3.63) is 59.4 Å². The zero-order chi connectivity index (χ0) is 14.2. The smallest absolute Gasteiger partial charge is 0.186 e. The number of hydrogen-bond acceptors (Lipinski definition) is 3. The van der Waals surface area contributed by atoms with Gasteiger partial charge in [0.15, 0.2) is 5.69 Å². The van der Waals surface area contributed by atoms with Crippen molar-refractivity contribution in [1.29, 1.82) is 5.26 Å². The van der Waals surface area contributed by atoms with Crippen molar-refractivity contribution in [2.24, 2.45) is 0 Å². The van der Waals surface area contributed by atoms with Gasteiger partial charge in [-0.3, -0.25) is 0 Å². The molecule has 0 radical (unpaired) electrons. The summed E-state index contributed by atoms with van der Waals surface area (Å²) >= 11 is 0. The molecule has 1 aliphatic rings. The van der Waals surface area contributed by atoms with Crippen molar-refractivity contribution < 1.29 is 0 Å². The van der Waals surface area contributed by atoms with E-state index in [2.05, 4.69) is 52.8 Å². The molecule has 2 aromatic carbocycles. The van der Waals surface area contributed by atoms with Crippen molar-refractivity contribution in [1.82, 2.24) is 15.0 Å². The van der Waals surface area contributed by atoms with Gasteiger partial charge in [0.1, 0.15) is 6.07 Å². The second-order valence-electron chi connectivity index (χ2n) is 5.51. The van der Waals surface area contributed by atoms with Crippen LogP contribution >= 0.6 is 0 Å². The van der Waals surface area contributed by atoms with Gasteiger partial charge in [-0.1, -0.05) is 47.7 Å². The molecule has 0 atom stereocenters. The maximum absolute atomic E-state index is 9.18. The van der Waals surface area contributed by atoms with Gasteiger partial charge < -0.3 is 0 Å². The predicted octanol–water partition coefficient (Wildman–Crippen LogP) is 3.23. The summed E-state index contributed by atoms with van der Waals surface area (Å²) in [5.41, 5.74) is 2.70. The van der Waals surface area contributed by atoms with E-state index >= 15 is 0 Å². The third-order valence-electron chi connectivity index (χ3n) is 4.04. The molecule has 0 saturated heterocycles. The molecular weight excluding hydrogens is 260 g/mol. The van der Waals surface area contributed by atoms with E-state index in [0.29, 0.717) is 18.2 Å². The van der Waals surface area contributed by atoms with E-state index in [1.165, 1.54) is 16.3 Å². The second kappa shape index (κ2) is 4.71. The molecule has 1 aromatic heterocycles. The Hall–Kier alpha value is -2.67. The SMILES string of the molecule is N#Cc1nnn(Cc2cccc3ccccc23)c1C1CC1. The maximum atomic E-state index is 9.18. The Kier molecular flexibility index (Phi) is 2.71. The van der Waals surface area contributed by atoms with Crippen molar-refractivity contribution in [2.45, 2.75) is 25.3 Å². The molecule has 4 rings (SSSR count). The summed E-state index contributed by atoms with van der Waals surface area (Å²) < 4.78 is 1.90. The molecule has 0 aliphatic heterocycles. The number of nitrogens with zero attached hydrogens (tertiary/aromatic N) is 4. The fraction of sp³-hybridized carbons (Fsp3) is 0.235. The summed E-state index contributed by atoms with van der Waals surface area (Å²) in [4.78, 5) is 0. The van der Waals surface area contributed by atoms with Crippen LogP contribution in [0.1, 0.15) is 35.7 Å². The number of rotatable bonds is 3. The Morgan fingerprint density at radius 3 is 2.76 bits per heavy atom. The van der Waals surface area contributed by atoms with E-state index < -0.39 is 0 Å². The largest absolute Gasteiger partial charge is 0.243 e. The van der Waals surface area contributed by atoms with E-state index in [1.807, 2.05) is 10.7 Å². The predicted molar refractivity (Wildman–Crippen MR) is 79.8 cm³/mol. The number of fused-ring (bicyclic) bond motifs is 1. The Balaban J connectivity index is 1.79. The Morgan fingerprint density at radius 2 is 1.95 bits per heavy atom. The van der Waals surface area contributed by atoms with Gasteiger partial charge in [0.05, 0.1) is 12.2 Å². The molecule has 102 valence electrons. The summed E-state index contributed by atoms with van der Waals surface area (Å²) in [6.07, 6.45) is 2.27. The first kappa shape index (κ1) is 12.1. The molecule has 4 heteroatoms. The lowest BCUT2D eigenvalue weighted by molar-refractivity contribution is 0.622. The molecule has 1 fully saturated rings. The van der Waals surface area contributed by atoms with Gasteiger partial charge in [0, 0.05) is 5.92 Å². The minimum atomic E-state index is 0.463. The minimum absolute atomic E-state index is 0.463. The quantitative estimate of drug-likeness (QED) is 0.736. The molecule has 1 aliphatic carbocycles. The maximum Gasteiger partial charge on any atom is 0.186 e. The van der Waals surface area contributed by atoms with Crippen LogP contribution < -0.4 is 0 Å². The van der Waals surface area contributed by atoms with Crippen LogP contribution in [0.5, 0.6) is 0 Å². The van der Waals surface area contributed by atoms with Crippen molar-refractivity contribution in [2.75, 3.05) is 0 Å². The topological polar surface area (TPSA) is 54.5 Å². The zero-order valence-electron chi connectivity index (χ0n) is 11.5. The molecule has 0 unspecified atom stereocenters. The summed E-state index contributed by atoms with van der Waals surface area (Å²) in [6, 6.07) is 16.8. The summed E-state index contributed by atoms with van der Waals surface area (Å²) in [6.45, 7) is 0.669. The molecule has 3 aromatic rings. The van der Waals surface area contributed by atoms with Gasteiger partial charge in [-0.2, -0.15) is 5.26 Å². The Labute approximate surface area is 122 Å². The Bertz CT molecular complexity index is 847. The highest BCUT2D eigenvalue weighted by Gasteiger charge is 2.31. The zero-order valence-corrected chi connectivity index (χ0v) is 11.5. The van der Waals surface area contributed by atoms with Crippen LogP contribution in [0, 0.1) is 11.3 Å². The number of benzene rings is 2. The molecule has 4 nitrogen and oxygen atoms in total. The van der Waals surface area contributed by atoms with Gasteiger partial charge >= 0.3 is 0 Å². The normalized spacial score (nSPS) is 14.2. The van der Waals surface area contributed by atoms with E-state index in [4.69, 9.17) is 0 Å². The number of aromatic nitrogens is 3. The van der Waals surface area contributed by atoms with Crippen LogP contribution in [0.2, 0.25) is 0 Å². The lowest BCUT2D eigenvalue weighted by atomic mass is 10.0. The molecule has 0 amide bonds. The van der Waals surface area contributed by atoms with E-state index in [-0.39, 0.29) is 0 Å². The van der Waals surface area contributed by atoms with E-state index in [1.54, 1.807) is 0 Å². The summed E-state index contributed by atoms with van der Waals surface area (Å²) in [5, 5.41) is 19.9. The highest BCUT2D eigenvalue weighted by atomic mass is 15.4. The summed E-state index contributed by atoms with van der Waals surface area (Å²) in [7, 11) is 0. The van der Waals surface area contributed by atoms with Gasteiger partial charge in [0.25, 0.3) is 0 Å². The molecule has 1 heterocycles. The standard InChI is InChI=1S/C17H14N4/c18-10-16-17(13-8-9-13)21(20-19-16)11-14-6-3-5-12-4-1-2-7-15(12)14/h1-7,13H,8-9,11H2. The fourth-order valence-corrected chi connectivity index (χ4v) is 2.87. The van der Waals surface area contributed by atoms with Gasteiger partial charge in [-0.25, -0.2) is 4.68 Å². The molecular formula is C17H14N4. The monoisotopic (exact) mass is 274 g/mol. The third kappa shape index (κ3) is 2.07. The molecule has 21 heavy (non-hydrogen) atoms. The summed E-state index contributed by atoms with van der Waals surface area (Å²) in [5.74, 6) is 0.463. The van der Waals surface area contributed by atoms with Crippen LogP contribution in [0.15, 0.2) is 42.5 Å². The molecule has 1 saturated carbocycles. The molecule has 0 N–H and O–H groups in total. The van der Waals surface area contributed by atoms with Crippen LogP contribution in [0.25, 0.3) is 10.8 Å². The van der Waals surface area contributed by atoms with Crippen LogP contribution in [-0.2, 0) is 6.54 Å². The van der Waals surface area contributed by atoms with Crippen molar-refractivity contribution in [3.63, 3.8) is 0 Å². The second-order valence-corrected chi connectivity index (χ2v) is 5.51. The average Bonchev–Trinajstić information content (AvgIpc) is 3.29. The molecule has 0 spiro atoms. The first-order valence-electron chi connectivity index (χ1n) is 7.17. The lowest BCUT2D eigenvalue weighted by Crippen LogP contribution is -2.06. The Morgan fingerprint density at radius 1 is 1.14 bits per heavy atom. The van der Waals surface area contributed by atoms with Gasteiger partial charge in [0.2, 0.25) is 0 Å². The highest BCUT2D eigenvalue weighted by Crippen LogP contribution is 2.41. The first-order valence-corrected chi connectivity index (χ1v) is 7.17. The van der Waals surface area contributed by atoms with Crippen LogP contribution in [-0.4, -0.2) is 15.0 Å². The minimum Gasteiger partial charge on any atom is -0.243 e. The number of nitriles is 1. The van der Waals surface area contributed by atoms with Gasteiger partial charge in [-0.05, 0) is 29.2 Å². The molecule has 0 bridgehead atoms. The lowest BCUT2D eigenvalue weighted by Gasteiger charge is -2.09. The van der Waals surface area contributed by atoms with Gasteiger partial charge in [-0.15, -0.1) is 5.10 Å². The van der Waals surface area contributed by atoms with E-state index in [0.717, 1.165) is 18.5 Å². The van der Waals surface area contributed by atoms with Crippen LogP contribution in [0.4, 0.5) is 0 Å². The number of hydrogen-bond donors (Lipinski definition) is 0. The average molecular weight is 274 g/mol. The van der Waals surface area contributed by atoms with Crippen LogP contribution in [0.3, 0.4) is 0 Å². The third-order valence-corrected chi connectivity index (χ3v) is 4.04. The van der Waals surface area contributed by atoms with Crippen molar-refractivity contribution >= 4 is 10.8 Å². The first-order chi connectivity index (χ1) is 10.4. The van der Waals surface area contributed by atoms with Crippen molar-refractivity contribution in [3.8, 4) is 6.07 Å². The fourth-order valence-electron chi connectivity index (χ4n) is 2.87. The highest BCUT2D eigenvalue weighted by molar-refractivity contribution is 5.85.